The third kappa shape index (κ3) is 3.16. The van der Waals surface area contributed by atoms with Crippen molar-refractivity contribution in [2.45, 2.75) is 32.2 Å². The third-order valence-corrected chi connectivity index (χ3v) is 4.46. The van der Waals surface area contributed by atoms with Gasteiger partial charge in [-0.25, -0.2) is 4.98 Å². The largest absolute Gasteiger partial charge is 0.297 e. The van der Waals surface area contributed by atoms with E-state index in [0.29, 0.717) is 5.92 Å². The number of rotatable bonds is 3. The van der Waals surface area contributed by atoms with Crippen LogP contribution < -0.4 is 0 Å². The first-order chi connectivity index (χ1) is 9.31. The van der Waals surface area contributed by atoms with E-state index in [2.05, 4.69) is 32.2 Å². The summed E-state index contributed by atoms with van der Waals surface area (Å²) in [6.07, 6.45) is 7.77. The van der Waals surface area contributed by atoms with E-state index < -0.39 is 0 Å². The highest BCUT2D eigenvalue weighted by atomic mass is 32.1. The number of hydrogen-bond acceptors (Lipinski definition) is 5. The first-order valence-corrected chi connectivity index (χ1v) is 7.58. The lowest BCUT2D eigenvalue weighted by Gasteiger charge is -2.30. The van der Waals surface area contributed by atoms with Crippen LogP contribution in [0, 0.1) is 6.92 Å². The van der Waals surface area contributed by atoms with Gasteiger partial charge in [0.05, 0.1) is 16.4 Å². The van der Waals surface area contributed by atoms with Crippen LogP contribution in [-0.2, 0) is 6.54 Å². The van der Waals surface area contributed by atoms with Crippen LogP contribution in [0.4, 0.5) is 0 Å². The maximum Gasteiger partial charge on any atom is 0.0897 e. The molecule has 0 aromatic carbocycles. The average Bonchev–Trinajstić information content (AvgIpc) is 2.86. The molecule has 4 nitrogen and oxygen atoms in total. The molecule has 0 bridgehead atoms. The lowest BCUT2D eigenvalue weighted by Crippen LogP contribution is -2.32. The van der Waals surface area contributed by atoms with Gasteiger partial charge in [-0.15, -0.1) is 11.3 Å². The Labute approximate surface area is 117 Å². The van der Waals surface area contributed by atoms with Gasteiger partial charge in [0.1, 0.15) is 0 Å². The zero-order chi connectivity index (χ0) is 13.1. The van der Waals surface area contributed by atoms with Crippen molar-refractivity contribution >= 4 is 11.3 Å². The van der Waals surface area contributed by atoms with Crippen molar-refractivity contribution in [2.75, 3.05) is 13.1 Å². The maximum absolute atomic E-state index is 4.54. The quantitative estimate of drug-likeness (QED) is 0.863. The first-order valence-electron chi connectivity index (χ1n) is 6.70. The minimum absolute atomic E-state index is 0.571. The lowest BCUT2D eigenvalue weighted by molar-refractivity contribution is 0.201. The number of nitrogens with zero attached hydrogens (tertiary/aromatic N) is 4. The summed E-state index contributed by atoms with van der Waals surface area (Å²) >= 11 is 1.73. The van der Waals surface area contributed by atoms with Gasteiger partial charge < -0.3 is 0 Å². The van der Waals surface area contributed by atoms with Gasteiger partial charge in [-0.1, -0.05) is 0 Å². The molecule has 0 amide bonds. The average molecular weight is 274 g/mol. The van der Waals surface area contributed by atoms with Crippen molar-refractivity contribution in [3.8, 4) is 0 Å². The number of likely N-dealkylation sites (tertiary alicyclic amines) is 1. The Bertz CT molecular complexity index is 517. The van der Waals surface area contributed by atoms with E-state index in [1.165, 1.54) is 18.5 Å². The molecule has 0 radical (unpaired) electrons. The molecule has 5 heteroatoms. The molecule has 2 aromatic heterocycles. The molecule has 19 heavy (non-hydrogen) atoms. The van der Waals surface area contributed by atoms with Gasteiger partial charge in [-0.3, -0.25) is 14.9 Å². The number of thiazole rings is 1. The first kappa shape index (κ1) is 12.7. The van der Waals surface area contributed by atoms with Crippen LogP contribution in [0.3, 0.4) is 0 Å². The molecule has 100 valence electrons. The minimum Gasteiger partial charge on any atom is -0.297 e. The molecule has 0 aliphatic carbocycles. The summed E-state index contributed by atoms with van der Waals surface area (Å²) < 4.78 is 0. The monoisotopic (exact) mass is 274 g/mol. The molecule has 0 N–H and O–H groups in total. The second kappa shape index (κ2) is 5.75. The van der Waals surface area contributed by atoms with Crippen molar-refractivity contribution in [3.05, 3.63) is 40.4 Å². The fraction of sp³-hybridized carbons (Fsp3) is 0.500. The molecule has 1 aliphatic heterocycles. The molecule has 0 unspecified atom stereocenters. The summed E-state index contributed by atoms with van der Waals surface area (Å²) in [5.41, 5.74) is 2.35. The SMILES string of the molecule is Cc1nc(CN2CCC(c3cnccn3)CC2)cs1. The number of hydrogen-bond donors (Lipinski definition) is 0. The number of aryl methyl sites for hydroxylation is 1. The molecule has 1 aliphatic rings. The Morgan fingerprint density at radius 2 is 2.16 bits per heavy atom. The van der Waals surface area contributed by atoms with E-state index in [-0.39, 0.29) is 0 Å². The Balaban J connectivity index is 1.55. The van der Waals surface area contributed by atoms with E-state index in [9.17, 15) is 0 Å². The Morgan fingerprint density at radius 1 is 1.32 bits per heavy atom. The zero-order valence-electron chi connectivity index (χ0n) is 11.1. The molecular formula is C14H18N4S. The molecule has 1 saturated heterocycles. The van der Waals surface area contributed by atoms with Gasteiger partial charge in [0.15, 0.2) is 0 Å². The predicted octanol–water partition coefficient (Wildman–Crippen LogP) is 2.62. The molecule has 3 heterocycles. The van der Waals surface area contributed by atoms with E-state index in [0.717, 1.165) is 30.3 Å². The summed E-state index contributed by atoms with van der Waals surface area (Å²) in [4.78, 5) is 15.6. The van der Waals surface area contributed by atoms with Crippen LogP contribution in [-0.4, -0.2) is 32.9 Å². The Hall–Kier alpha value is -1.33. The standard InChI is InChI=1S/C14H18N4S/c1-11-17-13(10-19-11)9-18-6-2-12(3-7-18)14-8-15-4-5-16-14/h4-5,8,10,12H,2-3,6-7,9H2,1H3. The summed E-state index contributed by atoms with van der Waals surface area (Å²) in [6.45, 7) is 5.29. The topological polar surface area (TPSA) is 41.9 Å². The van der Waals surface area contributed by atoms with Crippen LogP contribution in [0.25, 0.3) is 0 Å². The molecule has 2 aromatic rings. The van der Waals surface area contributed by atoms with Crippen LogP contribution in [0.5, 0.6) is 0 Å². The fourth-order valence-corrected chi connectivity index (χ4v) is 3.22. The molecule has 0 saturated carbocycles. The number of piperidine rings is 1. The van der Waals surface area contributed by atoms with E-state index in [4.69, 9.17) is 0 Å². The van der Waals surface area contributed by atoms with E-state index in [1.807, 2.05) is 6.20 Å². The Kier molecular flexibility index (Phi) is 3.84. The summed E-state index contributed by atoms with van der Waals surface area (Å²) in [6, 6.07) is 0. The Morgan fingerprint density at radius 3 is 2.79 bits per heavy atom. The summed E-state index contributed by atoms with van der Waals surface area (Å²) in [7, 11) is 0. The van der Waals surface area contributed by atoms with Gasteiger partial charge in [-0.2, -0.15) is 0 Å². The van der Waals surface area contributed by atoms with Gasteiger partial charge in [-0.05, 0) is 32.9 Å². The van der Waals surface area contributed by atoms with Gasteiger partial charge in [0.25, 0.3) is 0 Å². The number of aromatic nitrogens is 3. The third-order valence-electron chi connectivity index (χ3n) is 3.64. The van der Waals surface area contributed by atoms with E-state index in [1.54, 1.807) is 23.7 Å². The van der Waals surface area contributed by atoms with Crippen LogP contribution in [0.15, 0.2) is 24.0 Å². The van der Waals surface area contributed by atoms with Crippen molar-refractivity contribution in [1.82, 2.24) is 19.9 Å². The van der Waals surface area contributed by atoms with Crippen LogP contribution >= 0.6 is 11.3 Å². The highest BCUT2D eigenvalue weighted by Gasteiger charge is 2.21. The van der Waals surface area contributed by atoms with Crippen LogP contribution in [0.2, 0.25) is 0 Å². The minimum atomic E-state index is 0.571. The second-order valence-corrected chi connectivity index (χ2v) is 6.10. The summed E-state index contributed by atoms with van der Waals surface area (Å²) in [5.74, 6) is 0.571. The highest BCUT2D eigenvalue weighted by molar-refractivity contribution is 7.09. The van der Waals surface area contributed by atoms with Crippen molar-refractivity contribution < 1.29 is 0 Å². The normalized spacial score (nSPS) is 17.7. The predicted molar refractivity (Wildman–Crippen MR) is 76.1 cm³/mol. The van der Waals surface area contributed by atoms with Crippen molar-refractivity contribution in [2.24, 2.45) is 0 Å². The van der Waals surface area contributed by atoms with Gasteiger partial charge in [0, 0.05) is 36.4 Å². The highest BCUT2D eigenvalue weighted by Crippen LogP contribution is 2.26. The molecule has 1 fully saturated rings. The molecule has 0 spiro atoms. The maximum atomic E-state index is 4.54. The van der Waals surface area contributed by atoms with Crippen molar-refractivity contribution in [3.63, 3.8) is 0 Å². The van der Waals surface area contributed by atoms with Crippen molar-refractivity contribution in [1.29, 1.82) is 0 Å². The van der Waals surface area contributed by atoms with Gasteiger partial charge >= 0.3 is 0 Å². The van der Waals surface area contributed by atoms with Crippen LogP contribution in [0.1, 0.15) is 35.2 Å². The van der Waals surface area contributed by atoms with E-state index >= 15 is 0 Å². The fourth-order valence-electron chi connectivity index (χ4n) is 2.62. The van der Waals surface area contributed by atoms with Gasteiger partial charge in [0.2, 0.25) is 0 Å². The molecule has 0 atom stereocenters. The molecular weight excluding hydrogens is 256 g/mol. The second-order valence-electron chi connectivity index (χ2n) is 5.04. The zero-order valence-corrected chi connectivity index (χ0v) is 11.9. The lowest BCUT2D eigenvalue weighted by atomic mass is 9.94. The smallest absolute Gasteiger partial charge is 0.0897 e. The summed E-state index contributed by atoms with van der Waals surface area (Å²) in [5, 5.41) is 3.33. The molecule has 3 rings (SSSR count).